The lowest BCUT2D eigenvalue weighted by Crippen LogP contribution is -2.33. The number of benzene rings is 1. The summed E-state index contributed by atoms with van der Waals surface area (Å²) in [6, 6.07) is 4.25. The van der Waals surface area contributed by atoms with Crippen LogP contribution in [-0.2, 0) is 0 Å². The van der Waals surface area contributed by atoms with Gasteiger partial charge in [-0.1, -0.05) is 12.8 Å². The Hall–Kier alpha value is -2.22. The molecule has 0 aliphatic heterocycles. The van der Waals surface area contributed by atoms with Crippen LogP contribution in [0.4, 0.5) is 17.1 Å². The first-order valence-electron chi connectivity index (χ1n) is 7.36. The Bertz CT molecular complexity index is 558. The first-order valence-corrected chi connectivity index (χ1v) is 7.36. The number of rotatable bonds is 7. The zero-order valence-electron chi connectivity index (χ0n) is 12.5. The second-order valence-corrected chi connectivity index (χ2v) is 5.56. The summed E-state index contributed by atoms with van der Waals surface area (Å²) in [5.74, 6) is 0. The van der Waals surface area contributed by atoms with Gasteiger partial charge in [-0.05, 0) is 26.0 Å². The molecule has 120 valence electrons. The van der Waals surface area contributed by atoms with E-state index in [0.717, 1.165) is 12.6 Å². The smallest absolute Gasteiger partial charge is 0.299 e. The molecule has 22 heavy (non-hydrogen) atoms. The van der Waals surface area contributed by atoms with Crippen LogP contribution in [0.15, 0.2) is 18.2 Å². The molecule has 0 atom stereocenters. The standard InChI is InChI=1S/C14H20N4O4/c1-16(11-4-2-3-5-11)9-8-15-13-7-6-12(17(19)20)10-14(13)18(21)22/h6-7,10-11,15H,2-5,8-9H2,1H3. The van der Waals surface area contributed by atoms with Crippen molar-refractivity contribution in [3.8, 4) is 0 Å². The first-order chi connectivity index (χ1) is 10.5. The molecular weight excluding hydrogens is 288 g/mol. The molecule has 8 nitrogen and oxygen atoms in total. The van der Waals surface area contributed by atoms with Gasteiger partial charge in [0.25, 0.3) is 11.4 Å². The molecule has 8 heteroatoms. The van der Waals surface area contributed by atoms with Gasteiger partial charge in [-0.25, -0.2) is 0 Å². The summed E-state index contributed by atoms with van der Waals surface area (Å²) in [5, 5.41) is 24.7. The molecule has 1 aromatic rings. The summed E-state index contributed by atoms with van der Waals surface area (Å²) in [4.78, 5) is 22.8. The van der Waals surface area contributed by atoms with E-state index in [-0.39, 0.29) is 11.4 Å². The molecule has 1 N–H and O–H groups in total. The van der Waals surface area contributed by atoms with Gasteiger partial charge in [-0.2, -0.15) is 0 Å². The molecule has 0 saturated heterocycles. The Kier molecular flexibility index (Phi) is 5.26. The molecular formula is C14H20N4O4. The summed E-state index contributed by atoms with van der Waals surface area (Å²) in [6.07, 6.45) is 4.93. The maximum absolute atomic E-state index is 11.0. The van der Waals surface area contributed by atoms with E-state index in [4.69, 9.17) is 0 Å². The van der Waals surface area contributed by atoms with Crippen molar-refractivity contribution in [3.05, 3.63) is 38.4 Å². The van der Waals surface area contributed by atoms with E-state index in [0.29, 0.717) is 18.3 Å². The van der Waals surface area contributed by atoms with Crippen LogP contribution < -0.4 is 5.32 Å². The van der Waals surface area contributed by atoms with Gasteiger partial charge in [0.1, 0.15) is 5.69 Å². The molecule has 1 aromatic carbocycles. The van der Waals surface area contributed by atoms with Crippen LogP contribution in [0.3, 0.4) is 0 Å². The third kappa shape index (κ3) is 3.91. The summed E-state index contributed by atoms with van der Waals surface area (Å²) in [6.45, 7) is 1.34. The average Bonchev–Trinajstić information content (AvgIpc) is 3.01. The van der Waals surface area contributed by atoms with Crippen LogP contribution in [0.2, 0.25) is 0 Å². The number of nitro groups is 2. The maximum Gasteiger partial charge on any atom is 0.299 e. The largest absolute Gasteiger partial charge is 0.378 e. The third-order valence-corrected chi connectivity index (χ3v) is 4.12. The number of likely N-dealkylation sites (N-methyl/N-ethyl adjacent to an activating group) is 1. The van der Waals surface area contributed by atoms with E-state index >= 15 is 0 Å². The summed E-state index contributed by atoms with van der Waals surface area (Å²) in [5.41, 5.74) is -0.228. The molecule has 0 unspecified atom stereocenters. The molecule has 1 aliphatic carbocycles. The van der Waals surface area contributed by atoms with Crippen molar-refractivity contribution < 1.29 is 9.85 Å². The zero-order valence-corrected chi connectivity index (χ0v) is 12.5. The van der Waals surface area contributed by atoms with Gasteiger partial charge < -0.3 is 10.2 Å². The maximum atomic E-state index is 11.0. The van der Waals surface area contributed by atoms with Crippen molar-refractivity contribution >= 4 is 17.1 Å². The number of hydrogen-bond donors (Lipinski definition) is 1. The lowest BCUT2D eigenvalue weighted by atomic mass is 10.2. The monoisotopic (exact) mass is 308 g/mol. The summed E-state index contributed by atoms with van der Waals surface area (Å²) < 4.78 is 0. The molecule has 0 amide bonds. The fourth-order valence-corrected chi connectivity index (χ4v) is 2.83. The van der Waals surface area contributed by atoms with Crippen molar-refractivity contribution in [2.45, 2.75) is 31.7 Å². The second kappa shape index (κ2) is 7.17. The number of hydrogen-bond acceptors (Lipinski definition) is 6. The van der Waals surface area contributed by atoms with Gasteiger partial charge in [0.05, 0.1) is 15.9 Å². The van der Waals surface area contributed by atoms with Crippen LogP contribution in [0.5, 0.6) is 0 Å². The quantitative estimate of drug-likeness (QED) is 0.614. The van der Waals surface area contributed by atoms with Gasteiger partial charge in [0, 0.05) is 25.2 Å². The minimum atomic E-state index is -0.634. The predicted molar refractivity (Wildman–Crippen MR) is 83.1 cm³/mol. The van der Waals surface area contributed by atoms with Crippen LogP contribution in [0, 0.1) is 20.2 Å². The van der Waals surface area contributed by atoms with E-state index in [2.05, 4.69) is 17.3 Å². The molecule has 1 fully saturated rings. The SMILES string of the molecule is CN(CCNc1ccc([N+](=O)[O-])cc1[N+](=O)[O-])C1CCCC1. The molecule has 0 spiro atoms. The van der Waals surface area contributed by atoms with E-state index in [1.54, 1.807) is 0 Å². The molecule has 1 aliphatic rings. The number of nitrogens with zero attached hydrogens (tertiary/aromatic N) is 3. The Morgan fingerprint density at radius 3 is 2.50 bits per heavy atom. The topological polar surface area (TPSA) is 102 Å². The van der Waals surface area contributed by atoms with Gasteiger partial charge in [-0.15, -0.1) is 0 Å². The molecule has 0 radical (unpaired) electrons. The highest BCUT2D eigenvalue weighted by molar-refractivity contribution is 5.65. The normalized spacial score (nSPS) is 15.2. The van der Waals surface area contributed by atoms with Crippen molar-refractivity contribution in [2.75, 3.05) is 25.5 Å². The van der Waals surface area contributed by atoms with E-state index in [1.165, 1.54) is 37.8 Å². The Labute approximate surface area is 128 Å². The first kappa shape index (κ1) is 16.2. The highest BCUT2D eigenvalue weighted by Gasteiger charge is 2.21. The minimum absolute atomic E-state index is 0.266. The third-order valence-electron chi connectivity index (χ3n) is 4.12. The van der Waals surface area contributed by atoms with Crippen molar-refractivity contribution in [1.82, 2.24) is 4.90 Å². The fraction of sp³-hybridized carbons (Fsp3) is 0.571. The van der Waals surface area contributed by atoms with Crippen LogP contribution in [0.1, 0.15) is 25.7 Å². The fourth-order valence-electron chi connectivity index (χ4n) is 2.83. The summed E-state index contributed by atoms with van der Waals surface area (Å²) >= 11 is 0. The van der Waals surface area contributed by atoms with Crippen molar-refractivity contribution in [3.63, 3.8) is 0 Å². The Morgan fingerprint density at radius 2 is 1.91 bits per heavy atom. The molecule has 2 rings (SSSR count). The van der Waals surface area contributed by atoms with Gasteiger partial charge in [0.2, 0.25) is 0 Å². The Balaban J connectivity index is 1.96. The number of anilines is 1. The highest BCUT2D eigenvalue weighted by Crippen LogP contribution is 2.29. The van der Waals surface area contributed by atoms with Crippen molar-refractivity contribution in [1.29, 1.82) is 0 Å². The number of non-ortho nitro benzene ring substituents is 1. The van der Waals surface area contributed by atoms with Gasteiger partial charge in [0.15, 0.2) is 0 Å². The van der Waals surface area contributed by atoms with E-state index in [1.807, 2.05) is 0 Å². The molecule has 0 bridgehead atoms. The molecule has 1 saturated carbocycles. The van der Waals surface area contributed by atoms with E-state index in [9.17, 15) is 20.2 Å². The van der Waals surface area contributed by atoms with Crippen LogP contribution >= 0.6 is 0 Å². The van der Waals surface area contributed by atoms with Gasteiger partial charge >= 0.3 is 0 Å². The Morgan fingerprint density at radius 1 is 1.23 bits per heavy atom. The molecule has 0 aromatic heterocycles. The number of nitrogens with one attached hydrogen (secondary N) is 1. The zero-order chi connectivity index (χ0) is 16.1. The molecule has 0 heterocycles. The lowest BCUT2D eigenvalue weighted by Gasteiger charge is -2.24. The lowest BCUT2D eigenvalue weighted by molar-refractivity contribution is -0.393. The summed E-state index contributed by atoms with van der Waals surface area (Å²) in [7, 11) is 2.06. The minimum Gasteiger partial charge on any atom is -0.378 e. The predicted octanol–water partition coefficient (Wildman–Crippen LogP) is 2.79. The van der Waals surface area contributed by atoms with Crippen molar-refractivity contribution in [2.24, 2.45) is 0 Å². The van der Waals surface area contributed by atoms with Gasteiger partial charge in [-0.3, -0.25) is 20.2 Å². The second-order valence-electron chi connectivity index (χ2n) is 5.56. The van der Waals surface area contributed by atoms with Crippen LogP contribution in [0.25, 0.3) is 0 Å². The average molecular weight is 308 g/mol. The van der Waals surface area contributed by atoms with E-state index < -0.39 is 9.85 Å². The van der Waals surface area contributed by atoms with Crippen LogP contribution in [-0.4, -0.2) is 40.9 Å². The highest BCUT2D eigenvalue weighted by atomic mass is 16.6. The number of nitro benzene ring substituents is 2.